The second-order valence-corrected chi connectivity index (χ2v) is 6.92. The van der Waals surface area contributed by atoms with E-state index in [2.05, 4.69) is 11.4 Å². The molecule has 3 nitrogen and oxygen atoms in total. The fourth-order valence-corrected chi connectivity index (χ4v) is 3.90. The van der Waals surface area contributed by atoms with Gasteiger partial charge in [0.25, 0.3) is 5.91 Å². The van der Waals surface area contributed by atoms with Gasteiger partial charge in [-0.1, -0.05) is 48.5 Å². The Morgan fingerprint density at radius 2 is 1.68 bits per heavy atom. The van der Waals surface area contributed by atoms with E-state index in [1.54, 1.807) is 11.3 Å². The van der Waals surface area contributed by atoms with Crippen LogP contribution in [0.25, 0.3) is 10.2 Å². The molecular weight excluding hydrogens is 328 g/mol. The highest BCUT2D eigenvalue weighted by molar-refractivity contribution is 7.17. The molecule has 0 atom stereocenters. The fraction of sp³-hybridized carbons (Fsp3) is 0.0952. The zero-order chi connectivity index (χ0) is 17.2. The van der Waals surface area contributed by atoms with Crippen molar-refractivity contribution < 1.29 is 4.79 Å². The van der Waals surface area contributed by atoms with Crippen molar-refractivity contribution in [3.63, 3.8) is 0 Å². The Kier molecular flexibility index (Phi) is 4.12. The van der Waals surface area contributed by atoms with Gasteiger partial charge in [-0.3, -0.25) is 4.79 Å². The van der Waals surface area contributed by atoms with E-state index in [-0.39, 0.29) is 5.91 Å². The average Bonchev–Trinajstić information content (AvgIpc) is 3.24. The highest BCUT2D eigenvalue weighted by Crippen LogP contribution is 2.27. The molecule has 1 amide bonds. The van der Waals surface area contributed by atoms with Crippen LogP contribution in [0.4, 0.5) is 5.69 Å². The van der Waals surface area contributed by atoms with Crippen molar-refractivity contribution in [2.24, 2.45) is 7.05 Å². The highest BCUT2D eigenvalue weighted by atomic mass is 32.1. The molecule has 0 fully saturated rings. The molecule has 0 radical (unpaired) electrons. The zero-order valence-corrected chi connectivity index (χ0v) is 14.7. The van der Waals surface area contributed by atoms with Crippen LogP contribution in [-0.2, 0) is 13.6 Å². The number of carbonyl (C=O) groups excluding carboxylic acids is 1. The maximum Gasteiger partial charge on any atom is 0.275 e. The molecule has 4 rings (SSSR count). The van der Waals surface area contributed by atoms with Crippen LogP contribution in [0.2, 0.25) is 0 Å². The second-order valence-electron chi connectivity index (χ2n) is 5.97. The summed E-state index contributed by atoms with van der Waals surface area (Å²) in [6.45, 7) is 0.544. The van der Waals surface area contributed by atoms with Gasteiger partial charge in [0, 0.05) is 12.7 Å². The van der Waals surface area contributed by atoms with Gasteiger partial charge in [-0.25, -0.2) is 0 Å². The molecule has 0 unspecified atom stereocenters. The van der Waals surface area contributed by atoms with Crippen LogP contribution in [0.1, 0.15) is 16.1 Å². The minimum atomic E-state index is 0.0148. The number of rotatable bonds is 4. The molecule has 0 N–H and O–H groups in total. The molecule has 2 heterocycles. The number of hydrogen-bond donors (Lipinski definition) is 0. The molecule has 2 aromatic heterocycles. The van der Waals surface area contributed by atoms with E-state index >= 15 is 0 Å². The Morgan fingerprint density at radius 3 is 2.36 bits per heavy atom. The van der Waals surface area contributed by atoms with Crippen LogP contribution in [0.15, 0.2) is 78.2 Å². The summed E-state index contributed by atoms with van der Waals surface area (Å²) in [5.41, 5.74) is 3.82. The smallest absolute Gasteiger partial charge is 0.275 e. The van der Waals surface area contributed by atoms with Gasteiger partial charge in [0.1, 0.15) is 5.69 Å². The normalized spacial score (nSPS) is 10.9. The van der Waals surface area contributed by atoms with E-state index in [0.29, 0.717) is 12.2 Å². The monoisotopic (exact) mass is 346 g/mol. The molecule has 0 saturated heterocycles. The number of thiophene rings is 1. The predicted octanol–water partition coefficient (Wildman–Crippen LogP) is 5.09. The van der Waals surface area contributed by atoms with Crippen molar-refractivity contribution in [1.29, 1.82) is 0 Å². The molecule has 4 heteroatoms. The van der Waals surface area contributed by atoms with E-state index in [4.69, 9.17) is 0 Å². The van der Waals surface area contributed by atoms with Crippen LogP contribution in [0.3, 0.4) is 0 Å². The predicted molar refractivity (Wildman–Crippen MR) is 104 cm³/mol. The summed E-state index contributed by atoms with van der Waals surface area (Å²) in [5, 5.41) is 2.05. The maximum atomic E-state index is 13.3. The maximum absolute atomic E-state index is 13.3. The molecule has 0 aliphatic heterocycles. The standard InChI is InChI=1S/C21H18N2OS/c1-22-18-12-13-25-20(18)14-19(22)21(24)23(17-10-6-3-7-11-17)15-16-8-4-2-5-9-16/h2-14H,15H2,1H3. The number of aryl methyl sites for hydroxylation is 1. The van der Waals surface area contributed by atoms with Gasteiger partial charge in [-0.05, 0) is 35.2 Å². The number of nitrogens with zero attached hydrogens (tertiary/aromatic N) is 2. The van der Waals surface area contributed by atoms with Crippen LogP contribution in [0, 0.1) is 0 Å². The third-order valence-electron chi connectivity index (χ3n) is 4.38. The van der Waals surface area contributed by atoms with Gasteiger partial charge in [-0.15, -0.1) is 11.3 Å². The van der Waals surface area contributed by atoms with E-state index in [1.807, 2.05) is 83.2 Å². The van der Waals surface area contributed by atoms with E-state index in [0.717, 1.165) is 21.5 Å². The van der Waals surface area contributed by atoms with E-state index < -0.39 is 0 Å². The summed E-state index contributed by atoms with van der Waals surface area (Å²) in [6, 6.07) is 24.0. The lowest BCUT2D eigenvalue weighted by Gasteiger charge is -2.23. The average molecular weight is 346 g/mol. The molecular formula is C21H18N2OS. The molecule has 25 heavy (non-hydrogen) atoms. The minimum Gasteiger partial charge on any atom is -0.339 e. The van der Waals surface area contributed by atoms with Crippen LogP contribution in [-0.4, -0.2) is 10.5 Å². The second kappa shape index (κ2) is 6.57. The number of anilines is 1. The first-order chi connectivity index (χ1) is 12.2. The molecule has 0 bridgehead atoms. The molecule has 2 aromatic carbocycles. The Balaban J connectivity index is 1.75. The van der Waals surface area contributed by atoms with Gasteiger partial charge >= 0.3 is 0 Å². The third-order valence-corrected chi connectivity index (χ3v) is 5.23. The summed E-state index contributed by atoms with van der Waals surface area (Å²) < 4.78 is 3.12. The number of benzene rings is 2. The van der Waals surface area contributed by atoms with Crippen molar-refractivity contribution in [3.05, 3.63) is 89.4 Å². The first-order valence-corrected chi connectivity index (χ1v) is 9.06. The summed E-state index contributed by atoms with van der Waals surface area (Å²) in [6.07, 6.45) is 0. The number of amides is 1. The molecule has 124 valence electrons. The summed E-state index contributed by atoms with van der Waals surface area (Å²) >= 11 is 1.66. The number of para-hydroxylation sites is 1. The lowest BCUT2D eigenvalue weighted by atomic mass is 10.2. The van der Waals surface area contributed by atoms with Crippen LogP contribution in [0.5, 0.6) is 0 Å². The zero-order valence-electron chi connectivity index (χ0n) is 13.9. The number of carbonyl (C=O) groups is 1. The minimum absolute atomic E-state index is 0.0148. The Bertz CT molecular complexity index is 1000. The quantitative estimate of drug-likeness (QED) is 0.505. The van der Waals surface area contributed by atoms with Crippen LogP contribution < -0.4 is 4.90 Å². The van der Waals surface area contributed by atoms with Crippen molar-refractivity contribution in [2.75, 3.05) is 4.90 Å². The molecule has 4 aromatic rings. The van der Waals surface area contributed by atoms with Gasteiger partial charge in [0.2, 0.25) is 0 Å². The Morgan fingerprint density at radius 1 is 1.00 bits per heavy atom. The summed E-state index contributed by atoms with van der Waals surface area (Å²) in [5.74, 6) is 0.0148. The van der Waals surface area contributed by atoms with Crippen molar-refractivity contribution in [3.8, 4) is 0 Å². The van der Waals surface area contributed by atoms with Crippen LogP contribution >= 0.6 is 11.3 Å². The topological polar surface area (TPSA) is 25.2 Å². The van der Waals surface area contributed by atoms with Crippen molar-refractivity contribution in [1.82, 2.24) is 4.57 Å². The van der Waals surface area contributed by atoms with Gasteiger partial charge < -0.3 is 9.47 Å². The van der Waals surface area contributed by atoms with E-state index in [9.17, 15) is 4.79 Å². The first-order valence-electron chi connectivity index (χ1n) is 8.18. The number of aromatic nitrogens is 1. The van der Waals surface area contributed by atoms with Crippen molar-refractivity contribution >= 4 is 33.1 Å². The largest absolute Gasteiger partial charge is 0.339 e. The molecule has 0 aliphatic rings. The fourth-order valence-electron chi connectivity index (χ4n) is 3.05. The van der Waals surface area contributed by atoms with Gasteiger partial charge in [0.05, 0.1) is 16.8 Å². The molecule has 0 aliphatic carbocycles. The van der Waals surface area contributed by atoms with Gasteiger partial charge in [0.15, 0.2) is 0 Å². The lowest BCUT2D eigenvalue weighted by molar-refractivity contribution is 0.0977. The number of fused-ring (bicyclic) bond motifs is 1. The molecule has 0 spiro atoms. The van der Waals surface area contributed by atoms with E-state index in [1.165, 1.54) is 0 Å². The summed E-state index contributed by atoms with van der Waals surface area (Å²) in [7, 11) is 1.95. The van der Waals surface area contributed by atoms with Gasteiger partial charge in [-0.2, -0.15) is 0 Å². The molecule has 0 saturated carbocycles. The highest BCUT2D eigenvalue weighted by Gasteiger charge is 2.22. The SMILES string of the molecule is Cn1c(C(=O)N(Cc2ccccc2)c2ccccc2)cc2sccc21. The number of hydrogen-bond acceptors (Lipinski definition) is 2. The Hall–Kier alpha value is -2.85. The summed E-state index contributed by atoms with van der Waals surface area (Å²) in [4.78, 5) is 15.2. The Labute approximate surface area is 150 Å². The third kappa shape index (κ3) is 2.96. The first kappa shape index (κ1) is 15.7. The van der Waals surface area contributed by atoms with Crippen molar-refractivity contribution in [2.45, 2.75) is 6.54 Å². The lowest BCUT2D eigenvalue weighted by Crippen LogP contribution is -2.31.